The minimum atomic E-state index is -3.05. The van der Waals surface area contributed by atoms with Crippen molar-refractivity contribution in [2.75, 3.05) is 0 Å². The number of rotatable bonds is 4. The molecular formula is C30H21N2OP. The molecule has 0 unspecified atom stereocenters. The van der Waals surface area contributed by atoms with Crippen molar-refractivity contribution in [3.8, 4) is 11.3 Å². The molecule has 0 atom stereocenters. The van der Waals surface area contributed by atoms with E-state index in [2.05, 4.69) is 23.2 Å². The summed E-state index contributed by atoms with van der Waals surface area (Å²) in [5.74, 6) is 0. The van der Waals surface area contributed by atoms with Gasteiger partial charge in [0.1, 0.15) is 0 Å². The van der Waals surface area contributed by atoms with Crippen LogP contribution in [0.25, 0.3) is 33.1 Å². The summed E-state index contributed by atoms with van der Waals surface area (Å²) in [6.07, 6.45) is 1.80. The molecule has 0 amide bonds. The lowest BCUT2D eigenvalue weighted by molar-refractivity contribution is 0.592. The number of nitrogens with zero attached hydrogens (tertiary/aromatic N) is 2. The summed E-state index contributed by atoms with van der Waals surface area (Å²) < 4.78 is 14.8. The summed E-state index contributed by atoms with van der Waals surface area (Å²) in [6, 6.07) is 39.7. The lowest BCUT2D eigenvalue weighted by Gasteiger charge is -2.20. The van der Waals surface area contributed by atoms with Gasteiger partial charge in [0.05, 0.1) is 16.7 Å². The van der Waals surface area contributed by atoms with Gasteiger partial charge in [0.25, 0.3) is 0 Å². The van der Waals surface area contributed by atoms with Gasteiger partial charge >= 0.3 is 0 Å². The average molecular weight is 456 g/mol. The Kier molecular flexibility index (Phi) is 5.05. The van der Waals surface area contributed by atoms with E-state index in [1.165, 1.54) is 0 Å². The SMILES string of the molecule is O=P(c1ccccc1)(c1ccccc1)c1cccc(-c2ccc3ccc4cccnc4c3n2)c1. The van der Waals surface area contributed by atoms with Crippen LogP contribution >= 0.6 is 7.14 Å². The lowest BCUT2D eigenvalue weighted by atomic mass is 10.1. The molecule has 0 saturated carbocycles. The van der Waals surface area contributed by atoms with Crippen LogP contribution in [0.4, 0.5) is 0 Å². The third kappa shape index (κ3) is 3.42. The Morgan fingerprint density at radius 3 is 1.85 bits per heavy atom. The molecule has 0 spiro atoms. The Bertz CT molecular complexity index is 1640. The molecule has 0 radical (unpaired) electrons. The Morgan fingerprint density at radius 1 is 0.529 bits per heavy atom. The molecule has 4 aromatic carbocycles. The molecule has 2 aromatic heterocycles. The summed E-state index contributed by atoms with van der Waals surface area (Å²) in [5.41, 5.74) is 3.52. The Labute approximate surface area is 198 Å². The molecule has 3 nitrogen and oxygen atoms in total. The highest BCUT2D eigenvalue weighted by Crippen LogP contribution is 2.43. The second-order valence-corrected chi connectivity index (χ2v) is 11.0. The highest BCUT2D eigenvalue weighted by molar-refractivity contribution is 7.85. The van der Waals surface area contributed by atoms with E-state index in [1.54, 1.807) is 6.20 Å². The van der Waals surface area contributed by atoms with Crippen LogP contribution in [-0.2, 0) is 4.57 Å². The Hall–Kier alpha value is -4.07. The van der Waals surface area contributed by atoms with E-state index in [-0.39, 0.29) is 0 Å². The molecule has 4 heteroatoms. The molecule has 0 fully saturated rings. The van der Waals surface area contributed by atoms with Crippen molar-refractivity contribution in [1.29, 1.82) is 0 Å². The minimum absolute atomic E-state index is 0.792. The third-order valence-corrected chi connectivity index (χ3v) is 9.23. The van der Waals surface area contributed by atoms with Crippen LogP contribution in [0, 0.1) is 0 Å². The first-order valence-corrected chi connectivity index (χ1v) is 12.9. The molecule has 34 heavy (non-hydrogen) atoms. The number of pyridine rings is 2. The van der Waals surface area contributed by atoms with Crippen molar-refractivity contribution in [2.24, 2.45) is 0 Å². The maximum absolute atomic E-state index is 14.8. The molecular weight excluding hydrogens is 435 g/mol. The summed E-state index contributed by atoms with van der Waals surface area (Å²) in [6.45, 7) is 0. The zero-order valence-electron chi connectivity index (χ0n) is 18.4. The molecule has 0 saturated heterocycles. The number of benzene rings is 4. The fraction of sp³-hybridized carbons (Fsp3) is 0. The van der Waals surface area contributed by atoms with E-state index >= 15 is 0 Å². The summed E-state index contributed by atoms with van der Waals surface area (Å²) in [7, 11) is -3.05. The number of aromatic nitrogens is 2. The van der Waals surface area contributed by atoms with E-state index in [1.807, 2.05) is 103 Å². The van der Waals surface area contributed by atoms with Crippen molar-refractivity contribution >= 4 is 44.9 Å². The summed E-state index contributed by atoms with van der Waals surface area (Å²) in [4.78, 5) is 9.56. The van der Waals surface area contributed by atoms with Crippen LogP contribution in [-0.4, -0.2) is 9.97 Å². The van der Waals surface area contributed by atoms with Gasteiger partial charge in [-0.3, -0.25) is 4.98 Å². The second-order valence-electron chi connectivity index (χ2n) is 8.24. The normalized spacial score (nSPS) is 11.6. The third-order valence-electron chi connectivity index (χ3n) is 6.18. The van der Waals surface area contributed by atoms with Gasteiger partial charge in [-0.25, -0.2) is 4.98 Å². The molecule has 6 rings (SSSR count). The molecule has 6 aromatic rings. The summed E-state index contributed by atoms with van der Waals surface area (Å²) in [5, 5.41) is 4.54. The standard InChI is InChI=1S/C30H21N2OP/c33-34(25-11-3-1-4-12-25,26-13-5-2-6-14-26)27-15-7-9-24(21-27)28-19-18-23-17-16-22-10-8-20-31-29(22)30(23)32-28/h1-21H. The fourth-order valence-corrected chi connectivity index (χ4v) is 7.16. The van der Waals surface area contributed by atoms with Gasteiger partial charge in [0.2, 0.25) is 0 Å². The highest BCUT2D eigenvalue weighted by Gasteiger charge is 2.29. The average Bonchev–Trinajstić information content (AvgIpc) is 2.93. The van der Waals surface area contributed by atoms with Crippen LogP contribution in [0.2, 0.25) is 0 Å². The number of hydrogen-bond donors (Lipinski definition) is 0. The van der Waals surface area contributed by atoms with Crippen molar-refractivity contribution < 1.29 is 4.57 Å². The van der Waals surface area contributed by atoms with Crippen molar-refractivity contribution in [3.05, 3.63) is 128 Å². The maximum Gasteiger partial charge on any atom is 0.171 e. The van der Waals surface area contributed by atoms with Crippen LogP contribution in [0.1, 0.15) is 0 Å². The number of hydrogen-bond acceptors (Lipinski definition) is 3. The maximum atomic E-state index is 14.8. The van der Waals surface area contributed by atoms with Crippen molar-refractivity contribution in [1.82, 2.24) is 9.97 Å². The van der Waals surface area contributed by atoms with E-state index < -0.39 is 7.14 Å². The smallest absolute Gasteiger partial charge is 0.171 e. The Balaban J connectivity index is 1.54. The largest absolute Gasteiger partial charge is 0.309 e. The van der Waals surface area contributed by atoms with Crippen LogP contribution < -0.4 is 15.9 Å². The first-order chi connectivity index (χ1) is 16.7. The molecule has 0 aliphatic rings. The van der Waals surface area contributed by atoms with Crippen molar-refractivity contribution in [2.45, 2.75) is 0 Å². The van der Waals surface area contributed by atoms with Gasteiger partial charge in [-0.15, -0.1) is 0 Å². The second kappa shape index (κ2) is 8.37. The minimum Gasteiger partial charge on any atom is -0.309 e. The first kappa shape index (κ1) is 20.5. The molecule has 0 N–H and O–H groups in total. The van der Waals surface area contributed by atoms with Crippen LogP contribution in [0.3, 0.4) is 0 Å². The van der Waals surface area contributed by atoms with E-state index in [0.29, 0.717) is 0 Å². The molecule has 162 valence electrons. The van der Waals surface area contributed by atoms with Gasteiger partial charge in [-0.1, -0.05) is 103 Å². The summed E-state index contributed by atoms with van der Waals surface area (Å²) >= 11 is 0. The van der Waals surface area contributed by atoms with Crippen molar-refractivity contribution in [3.63, 3.8) is 0 Å². The van der Waals surface area contributed by atoms with Gasteiger partial charge in [-0.2, -0.15) is 0 Å². The molecule has 0 aliphatic carbocycles. The van der Waals surface area contributed by atoms with Gasteiger partial charge in [0.15, 0.2) is 7.14 Å². The number of fused-ring (bicyclic) bond motifs is 3. The van der Waals surface area contributed by atoms with Gasteiger partial charge < -0.3 is 4.57 Å². The predicted octanol–water partition coefficient (Wildman–Crippen LogP) is 6.09. The van der Waals surface area contributed by atoms with E-state index in [4.69, 9.17) is 4.98 Å². The molecule has 0 aliphatic heterocycles. The predicted molar refractivity (Wildman–Crippen MR) is 142 cm³/mol. The van der Waals surface area contributed by atoms with E-state index in [9.17, 15) is 4.57 Å². The zero-order chi connectivity index (χ0) is 23.0. The zero-order valence-corrected chi connectivity index (χ0v) is 19.3. The first-order valence-electron chi connectivity index (χ1n) is 11.2. The van der Waals surface area contributed by atoms with Crippen LogP contribution in [0.5, 0.6) is 0 Å². The molecule has 2 heterocycles. The van der Waals surface area contributed by atoms with Gasteiger partial charge in [-0.05, 0) is 18.2 Å². The molecule has 0 bridgehead atoms. The lowest BCUT2D eigenvalue weighted by Crippen LogP contribution is -2.25. The van der Waals surface area contributed by atoms with Crippen LogP contribution in [0.15, 0.2) is 128 Å². The quantitative estimate of drug-likeness (QED) is 0.238. The highest BCUT2D eigenvalue weighted by atomic mass is 31.2. The topological polar surface area (TPSA) is 42.9 Å². The fourth-order valence-electron chi connectivity index (χ4n) is 4.47. The Morgan fingerprint density at radius 2 is 1.15 bits per heavy atom. The monoisotopic (exact) mass is 456 g/mol. The van der Waals surface area contributed by atoms with Gasteiger partial charge in [0, 0.05) is 38.4 Å². The van der Waals surface area contributed by atoms with E-state index in [0.717, 1.165) is 49.0 Å².